The summed E-state index contributed by atoms with van der Waals surface area (Å²) in [4.78, 5) is 16.2. The van der Waals surface area contributed by atoms with Crippen molar-refractivity contribution in [1.29, 1.82) is 0 Å². The fraction of sp³-hybridized carbons (Fsp3) is 0.250. The number of rotatable bonds is 5. The maximum absolute atomic E-state index is 12.8. The van der Waals surface area contributed by atoms with Gasteiger partial charge in [0.1, 0.15) is 11.0 Å². The van der Waals surface area contributed by atoms with Crippen LogP contribution in [-0.4, -0.2) is 17.4 Å². The van der Waals surface area contributed by atoms with Crippen LogP contribution in [0.25, 0.3) is 0 Å². The van der Waals surface area contributed by atoms with Crippen molar-refractivity contribution < 1.29 is 9.18 Å². The molecule has 0 atom stereocenters. The number of aromatic nitrogens is 1. The van der Waals surface area contributed by atoms with Gasteiger partial charge < -0.3 is 5.32 Å². The zero-order chi connectivity index (χ0) is 15.2. The molecule has 0 fully saturated rings. The predicted molar refractivity (Wildman–Crippen MR) is 81.1 cm³/mol. The summed E-state index contributed by atoms with van der Waals surface area (Å²) in [6.45, 7) is 2.43. The molecule has 0 saturated carbocycles. The number of carbonyl (C=O) groups excluding carboxylic acids is 1. The molecule has 1 heterocycles. The molecule has 110 valence electrons. The molecular formula is C16H16ClFN2O. The first-order valence-corrected chi connectivity index (χ1v) is 7.15. The van der Waals surface area contributed by atoms with E-state index in [2.05, 4.69) is 10.3 Å². The van der Waals surface area contributed by atoms with Crippen LogP contribution >= 0.6 is 11.6 Å². The van der Waals surface area contributed by atoms with E-state index in [-0.39, 0.29) is 11.7 Å². The lowest BCUT2D eigenvalue weighted by Crippen LogP contribution is -2.26. The quantitative estimate of drug-likeness (QED) is 0.860. The van der Waals surface area contributed by atoms with Gasteiger partial charge >= 0.3 is 0 Å². The lowest BCUT2D eigenvalue weighted by Gasteiger charge is -2.07. The second-order valence-electron chi connectivity index (χ2n) is 4.66. The van der Waals surface area contributed by atoms with Crippen molar-refractivity contribution in [2.24, 2.45) is 0 Å². The Bertz CT molecular complexity index is 629. The largest absolute Gasteiger partial charge is 0.352 e. The number of carbonyl (C=O) groups is 1. The van der Waals surface area contributed by atoms with E-state index in [9.17, 15) is 9.18 Å². The fourth-order valence-electron chi connectivity index (χ4n) is 1.94. The molecule has 1 aromatic heterocycles. The number of aryl methyl sites for hydroxylation is 1. The van der Waals surface area contributed by atoms with E-state index in [0.29, 0.717) is 23.7 Å². The highest BCUT2D eigenvalue weighted by molar-refractivity contribution is 6.29. The van der Waals surface area contributed by atoms with Gasteiger partial charge in [-0.3, -0.25) is 4.79 Å². The third kappa shape index (κ3) is 4.53. The molecule has 2 aromatic rings. The standard InChI is InChI=1S/C16H16ClFN2O/c1-2-14-9-12(10-15(17)20-14)16(21)19-8-7-11-3-5-13(18)6-4-11/h3-6,9-10H,2,7-8H2,1H3,(H,19,21). The van der Waals surface area contributed by atoms with Crippen molar-refractivity contribution in [2.45, 2.75) is 19.8 Å². The van der Waals surface area contributed by atoms with Crippen molar-refractivity contribution in [3.05, 3.63) is 64.2 Å². The molecular weight excluding hydrogens is 291 g/mol. The van der Waals surface area contributed by atoms with Crippen molar-refractivity contribution in [1.82, 2.24) is 10.3 Å². The summed E-state index contributed by atoms with van der Waals surface area (Å²) in [6.07, 6.45) is 1.36. The van der Waals surface area contributed by atoms with Crippen molar-refractivity contribution in [2.75, 3.05) is 6.54 Å². The van der Waals surface area contributed by atoms with Gasteiger partial charge in [0.05, 0.1) is 0 Å². The Labute approximate surface area is 128 Å². The van der Waals surface area contributed by atoms with E-state index >= 15 is 0 Å². The van der Waals surface area contributed by atoms with Crippen LogP contribution in [0.4, 0.5) is 4.39 Å². The summed E-state index contributed by atoms with van der Waals surface area (Å²) in [5.41, 5.74) is 2.26. The topological polar surface area (TPSA) is 42.0 Å². The van der Waals surface area contributed by atoms with E-state index in [1.54, 1.807) is 24.3 Å². The van der Waals surface area contributed by atoms with Crippen molar-refractivity contribution >= 4 is 17.5 Å². The minimum Gasteiger partial charge on any atom is -0.352 e. The smallest absolute Gasteiger partial charge is 0.251 e. The van der Waals surface area contributed by atoms with E-state index in [1.165, 1.54) is 12.1 Å². The molecule has 0 aliphatic rings. The SMILES string of the molecule is CCc1cc(C(=O)NCCc2ccc(F)cc2)cc(Cl)n1. The number of pyridine rings is 1. The van der Waals surface area contributed by atoms with Crippen LogP contribution in [0.15, 0.2) is 36.4 Å². The normalized spacial score (nSPS) is 10.4. The lowest BCUT2D eigenvalue weighted by atomic mass is 10.1. The van der Waals surface area contributed by atoms with Gasteiger partial charge in [0.25, 0.3) is 5.91 Å². The molecule has 0 aliphatic heterocycles. The van der Waals surface area contributed by atoms with Gasteiger partial charge in [0, 0.05) is 17.8 Å². The van der Waals surface area contributed by atoms with Gasteiger partial charge in [0.15, 0.2) is 0 Å². The minimum absolute atomic E-state index is 0.184. The first-order chi connectivity index (χ1) is 10.1. The Kier molecular flexibility index (Phi) is 5.28. The second kappa shape index (κ2) is 7.18. The monoisotopic (exact) mass is 306 g/mol. The summed E-state index contributed by atoms with van der Waals surface area (Å²) in [5.74, 6) is -0.447. The maximum Gasteiger partial charge on any atom is 0.251 e. The highest BCUT2D eigenvalue weighted by atomic mass is 35.5. The van der Waals surface area contributed by atoms with Crippen LogP contribution in [0.2, 0.25) is 5.15 Å². The molecule has 0 aliphatic carbocycles. The molecule has 21 heavy (non-hydrogen) atoms. The molecule has 5 heteroatoms. The van der Waals surface area contributed by atoms with Crippen LogP contribution in [0.3, 0.4) is 0 Å². The molecule has 0 saturated heterocycles. The minimum atomic E-state index is -0.263. The molecule has 0 bridgehead atoms. The zero-order valence-corrected chi connectivity index (χ0v) is 12.5. The van der Waals surface area contributed by atoms with Crippen LogP contribution in [0.5, 0.6) is 0 Å². The van der Waals surface area contributed by atoms with Crippen LogP contribution < -0.4 is 5.32 Å². The van der Waals surface area contributed by atoms with Crippen LogP contribution in [-0.2, 0) is 12.8 Å². The Balaban J connectivity index is 1.92. The molecule has 2 rings (SSSR count). The van der Waals surface area contributed by atoms with E-state index in [1.807, 2.05) is 6.92 Å². The number of benzene rings is 1. The first-order valence-electron chi connectivity index (χ1n) is 6.77. The number of nitrogens with one attached hydrogen (secondary N) is 1. The zero-order valence-electron chi connectivity index (χ0n) is 11.7. The molecule has 0 unspecified atom stereocenters. The number of amides is 1. The van der Waals surface area contributed by atoms with E-state index in [0.717, 1.165) is 17.7 Å². The van der Waals surface area contributed by atoms with E-state index in [4.69, 9.17) is 11.6 Å². The second-order valence-corrected chi connectivity index (χ2v) is 5.04. The van der Waals surface area contributed by atoms with E-state index < -0.39 is 0 Å². The van der Waals surface area contributed by atoms with Gasteiger partial charge in [-0.2, -0.15) is 0 Å². The van der Waals surface area contributed by atoms with Crippen LogP contribution in [0, 0.1) is 5.82 Å². The lowest BCUT2D eigenvalue weighted by molar-refractivity contribution is 0.0954. The average molecular weight is 307 g/mol. The van der Waals surface area contributed by atoms with Gasteiger partial charge in [-0.15, -0.1) is 0 Å². The van der Waals surface area contributed by atoms with Gasteiger partial charge in [-0.1, -0.05) is 30.7 Å². The number of hydrogen-bond donors (Lipinski definition) is 1. The Hall–Kier alpha value is -1.94. The molecule has 0 radical (unpaired) electrons. The van der Waals surface area contributed by atoms with Gasteiger partial charge in [-0.25, -0.2) is 9.37 Å². The molecule has 1 N–H and O–H groups in total. The number of nitrogens with zero attached hydrogens (tertiary/aromatic N) is 1. The Morgan fingerprint density at radius 3 is 2.67 bits per heavy atom. The predicted octanol–water partition coefficient (Wildman–Crippen LogP) is 3.41. The fourth-order valence-corrected chi connectivity index (χ4v) is 2.16. The summed E-state index contributed by atoms with van der Waals surface area (Å²) in [7, 11) is 0. The Morgan fingerprint density at radius 2 is 2.00 bits per heavy atom. The average Bonchev–Trinajstić information content (AvgIpc) is 2.48. The molecule has 0 spiro atoms. The van der Waals surface area contributed by atoms with Gasteiger partial charge in [-0.05, 0) is 42.7 Å². The van der Waals surface area contributed by atoms with Crippen LogP contribution in [0.1, 0.15) is 28.5 Å². The van der Waals surface area contributed by atoms with Crippen molar-refractivity contribution in [3.8, 4) is 0 Å². The third-order valence-electron chi connectivity index (χ3n) is 3.08. The summed E-state index contributed by atoms with van der Waals surface area (Å²) in [6, 6.07) is 9.52. The van der Waals surface area contributed by atoms with Crippen molar-refractivity contribution in [3.63, 3.8) is 0 Å². The summed E-state index contributed by atoms with van der Waals surface area (Å²) < 4.78 is 12.8. The molecule has 3 nitrogen and oxygen atoms in total. The molecule has 1 aromatic carbocycles. The number of halogens is 2. The first kappa shape index (κ1) is 15.4. The third-order valence-corrected chi connectivity index (χ3v) is 3.28. The highest BCUT2D eigenvalue weighted by Gasteiger charge is 2.08. The summed E-state index contributed by atoms with van der Waals surface area (Å²) >= 11 is 5.89. The summed E-state index contributed by atoms with van der Waals surface area (Å²) in [5, 5.41) is 3.14. The molecule has 1 amide bonds. The maximum atomic E-state index is 12.8. The highest BCUT2D eigenvalue weighted by Crippen LogP contribution is 2.11. The van der Waals surface area contributed by atoms with Gasteiger partial charge in [0.2, 0.25) is 0 Å². The Morgan fingerprint density at radius 1 is 1.29 bits per heavy atom. The number of hydrogen-bond acceptors (Lipinski definition) is 2.